The fourth-order valence-electron chi connectivity index (χ4n) is 2.35. The second kappa shape index (κ2) is 7.14. The van der Waals surface area contributed by atoms with Gasteiger partial charge in [0.25, 0.3) is 10.0 Å². The number of ether oxygens (including phenoxy) is 1. The van der Waals surface area contributed by atoms with E-state index in [2.05, 4.69) is 10.0 Å². The molecule has 7 heteroatoms. The third kappa shape index (κ3) is 4.51. The number of rotatable bonds is 7. The van der Waals surface area contributed by atoms with Crippen molar-refractivity contribution in [2.24, 2.45) is 5.92 Å². The zero-order valence-electron chi connectivity index (χ0n) is 13.9. The first kappa shape index (κ1) is 17.3. The van der Waals surface area contributed by atoms with Gasteiger partial charge in [0.2, 0.25) is 5.91 Å². The van der Waals surface area contributed by atoms with Crippen LogP contribution in [0.25, 0.3) is 0 Å². The normalized spacial score (nSPS) is 14.0. The Bertz CT molecular complexity index is 859. The average Bonchev–Trinajstić information content (AvgIpc) is 3.40. The molecule has 0 aliphatic heterocycles. The topological polar surface area (TPSA) is 84.5 Å². The summed E-state index contributed by atoms with van der Waals surface area (Å²) < 4.78 is 32.8. The predicted octanol–water partition coefficient (Wildman–Crippen LogP) is 3.23. The fourth-order valence-corrected chi connectivity index (χ4v) is 3.40. The van der Waals surface area contributed by atoms with E-state index < -0.39 is 10.0 Å². The number of hydrogen-bond acceptors (Lipinski definition) is 4. The molecule has 25 heavy (non-hydrogen) atoms. The zero-order valence-corrected chi connectivity index (χ0v) is 14.7. The van der Waals surface area contributed by atoms with Crippen LogP contribution >= 0.6 is 0 Å². The van der Waals surface area contributed by atoms with Crippen LogP contribution in [0.4, 0.5) is 11.4 Å². The minimum absolute atomic E-state index is 0.0217. The first-order chi connectivity index (χ1) is 12.0. The Morgan fingerprint density at radius 2 is 1.80 bits per heavy atom. The third-order valence-electron chi connectivity index (χ3n) is 3.78. The first-order valence-electron chi connectivity index (χ1n) is 8.14. The van der Waals surface area contributed by atoms with E-state index in [1.54, 1.807) is 36.4 Å². The Morgan fingerprint density at radius 3 is 2.44 bits per heavy atom. The lowest BCUT2D eigenvalue weighted by atomic mass is 10.2. The number of hydrogen-bond donors (Lipinski definition) is 2. The summed E-state index contributed by atoms with van der Waals surface area (Å²) >= 11 is 0. The van der Waals surface area contributed by atoms with Crippen LogP contribution in [0.5, 0.6) is 5.75 Å². The van der Waals surface area contributed by atoms with Crippen LogP contribution in [0.1, 0.15) is 19.8 Å². The smallest absolute Gasteiger partial charge is 0.261 e. The number of nitrogens with one attached hydrogen (secondary N) is 2. The lowest BCUT2D eigenvalue weighted by Crippen LogP contribution is -2.15. The van der Waals surface area contributed by atoms with Gasteiger partial charge in [-0.25, -0.2) is 8.42 Å². The summed E-state index contributed by atoms with van der Waals surface area (Å²) in [5.74, 6) is 0.682. The molecule has 0 spiro atoms. The predicted molar refractivity (Wildman–Crippen MR) is 96.2 cm³/mol. The van der Waals surface area contributed by atoms with E-state index in [-0.39, 0.29) is 16.7 Å². The highest BCUT2D eigenvalue weighted by Crippen LogP contribution is 2.30. The summed E-state index contributed by atoms with van der Waals surface area (Å²) in [6, 6.07) is 12.9. The number of carbonyl (C=O) groups is 1. The highest BCUT2D eigenvalue weighted by Gasteiger charge is 2.29. The molecule has 0 heterocycles. The van der Waals surface area contributed by atoms with Gasteiger partial charge in [0.05, 0.1) is 17.2 Å². The lowest BCUT2D eigenvalue weighted by molar-refractivity contribution is -0.117. The monoisotopic (exact) mass is 360 g/mol. The Labute approximate surface area is 147 Å². The van der Waals surface area contributed by atoms with Crippen LogP contribution in [0.2, 0.25) is 0 Å². The molecule has 1 saturated carbocycles. The van der Waals surface area contributed by atoms with Crippen molar-refractivity contribution in [2.75, 3.05) is 16.6 Å². The van der Waals surface area contributed by atoms with Crippen molar-refractivity contribution in [3.63, 3.8) is 0 Å². The number of carbonyl (C=O) groups excluding carboxylic acids is 1. The van der Waals surface area contributed by atoms with Crippen molar-refractivity contribution in [1.29, 1.82) is 0 Å². The maximum absolute atomic E-state index is 12.5. The van der Waals surface area contributed by atoms with Crippen molar-refractivity contribution < 1.29 is 17.9 Å². The Kier molecular flexibility index (Phi) is 4.94. The molecule has 0 unspecified atom stereocenters. The molecule has 3 rings (SSSR count). The van der Waals surface area contributed by atoms with Crippen molar-refractivity contribution in [1.82, 2.24) is 0 Å². The Hall–Kier alpha value is -2.54. The summed E-state index contributed by atoms with van der Waals surface area (Å²) in [4.78, 5) is 12.0. The number of benzene rings is 2. The van der Waals surface area contributed by atoms with Gasteiger partial charge in [-0.2, -0.15) is 0 Å². The molecule has 132 valence electrons. The van der Waals surface area contributed by atoms with Crippen molar-refractivity contribution >= 4 is 27.3 Å². The SMILES string of the molecule is CCOc1ccc(S(=O)(=O)Nc2cccc(NC(=O)C3CC3)c2)cc1. The Morgan fingerprint density at radius 1 is 1.12 bits per heavy atom. The highest BCUT2D eigenvalue weighted by molar-refractivity contribution is 7.92. The number of anilines is 2. The Balaban J connectivity index is 1.72. The van der Waals surface area contributed by atoms with Crippen molar-refractivity contribution in [3.8, 4) is 5.75 Å². The minimum Gasteiger partial charge on any atom is -0.494 e. The van der Waals surface area contributed by atoms with Gasteiger partial charge in [-0.05, 0) is 62.2 Å². The van der Waals surface area contributed by atoms with Crippen LogP contribution in [0.15, 0.2) is 53.4 Å². The van der Waals surface area contributed by atoms with Crippen molar-refractivity contribution in [3.05, 3.63) is 48.5 Å². The molecule has 1 aliphatic carbocycles. The fraction of sp³-hybridized carbons (Fsp3) is 0.278. The molecule has 1 aliphatic rings. The molecular weight excluding hydrogens is 340 g/mol. The third-order valence-corrected chi connectivity index (χ3v) is 5.17. The van der Waals surface area contributed by atoms with Gasteiger partial charge < -0.3 is 10.1 Å². The van der Waals surface area contributed by atoms with Gasteiger partial charge in [0.1, 0.15) is 5.75 Å². The largest absolute Gasteiger partial charge is 0.494 e. The molecule has 0 aromatic heterocycles. The van der Waals surface area contributed by atoms with E-state index in [1.807, 2.05) is 6.92 Å². The van der Waals surface area contributed by atoms with Gasteiger partial charge in [0.15, 0.2) is 0 Å². The maximum Gasteiger partial charge on any atom is 0.261 e. The van der Waals surface area contributed by atoms with Gasteiger partial charge in [-0.3, -0.25) is 9.52 Å². The summed E-state index contributed by atoms with van der Waals surface area (Å²) in [6.07, 6.45) is 1.83. The van der Waals surface area contributed by atoms with E-state index in [0.29, 0.717) is 23.7 Å². The van der Waals surface area contributed by atoms with Crippen LogP contribution in [-0.4, -0.2) is 20.9 Å². The molecule has 1 fully saturated rings. The van der Waals surface area contributed by atoms with E-state index >= 15 is 0 Å². The van der Waals surface area contributed by atoms with Crippen molar-refractivity contribution in [2.45, 2.75) is 24.7 Å². The second-order valence-corrected chi connectivity index (χ2v) is 7.54. The van der Waals surface area contributed by atoms with E-state index in [4.69, 9.17) is 4.74 Å². The summed E-state index contributed by atoms with van der Waals surface area (Å²) in [7, 11) is -3.71. The lowest BCUT2D eigenvalue weighted by Gasteiger charge is -2.11. The maximum atomic E-state index is 12.5. The first-order valence-corrected chi connectivity index (χ1v) is 9.63. The second-order valence-electron chi connectivity index (χ2n) is 5.85. The standard InChI is InChI=1S/C18H20N2O4S/c1-2-24-16-8-10-17(11-9-16)25(22,23)20-15-5-3-4-14(12-15)19-18(21)13-6-7-13/h3-5,8-13,20H,2,6-7H2,1H3,(H,19,21). The average molecular weight is 360 g/mol. The van der Waals surface area contributed by atoms with E-state index in [9.17, 15) is 13.2 Å². The molecule has 2 aromatic carbocycles. The van der Waals surface area contributed by atoms with Crippen LogP contribution in [-0.2, 0) is 14.8 Å². The van der Waals surface area contributed by atoms with Gasteiger partial charge in [0, 0.05) is 11.6 Å². The molecule has 1 amide bonds. The molecule has 0 radical (unpaired) electrons. The quantitative estimate of drug-likeness (QED) is 0.794. The zero-order chi connectivity index (χ0) is 17.9. The molecule has 2 N–H and O–H groups in total. The van der Waals surface area contributed by atoms with E-state index in [0.717, 1.165) is 12.8 Å². The molecule has 0 atom stereocenters. The molecule has 0 bridgehead atoms. The highest BCUT2D eigenvalue weighted by atomic mass is 32.2. The molecule has 6 nitrogen and oxygen atoms in total. The number of sulfonamides is 1. The molecular formula is C18H20N2O4S. The van der Waals surface area contributed by atoms with Crippen LogP contribution in [0, 0.1) is 5.92 Å². The van der Waals surface area contributed by atoms with Gasteiger partial charge in [-0.15, -0.1) is 0 Å². The van der Waals surface area contributed by atoms with Crippen LogP contribution in [0.3, 0.4) is 0 Å². The summed E-state index contributed by atoms with van der Waals surface area (Å²) in [5, 5.41) is 2.80. The molecule has 0 saturated heterocycles. The summed E-state index contributed by atoms with van der Waals surface area (Å²) in [5.41, 5.74) is 0.964. The van der Waals surface area contributed by atoms with Crippen LogP contribution < -0.4 is 14.8 Å². The van der Waals surface area contributed by atoms with Gasteiger partial charge in [-0.1, -0.05) is 6.07 Å². The van der Waals surface area contributed by atoms with Gasteiger partial charge >= 0.3 is 0 Å². The number of amides is 1. The summed E-state index contributed by atoms with van der Waals surface area (Å²) in [6.45, 7) is 2.38. The van der Waals surface area contributed by atoms with E-state index in [1.165, 1.54) is 12.1 Å². The minimum atomic E-state index is -3.71. The molecule has 2 aromatic rings.